The van der Waals surface area contributed by atoms with E-state index in [0.717, 1.165) is 24.8 Å². The van der Waals surface area contributed by atoms with E-state index in [1.807, 2.05) is 0 Å². The molecular formula is C8H13ClOS. The van der Waals surface area contributed by atoms with Gasteiger partial charge in [0.15, 0.2) is 0 Å². The van der Waals surface area contributed by atoms with Crippen molar-refractivity contribution in [2.45, 2.75) is 29.9 Å². The van der Waals surface area contributed by atoms with E-state index >= 15 is 0 Å². The van der Waals surface area contributed by atoms with Crippen molar-refractivity contribution in [3.8, 4) is 0 Å². The lowest BCUT2D eigenvalue weighted by atomic mass is 9.95. The minimum atomic E-state index is -0.713. The van der Waals surface area contributed by atoms with E-state index in [-0.39, 0.29) is 5.38 Å². The molecule has 1 aliphatic rings. The fraction of sp³-hybridized carbons (Fsp3) is 0.750. The van der Waals surface area contributed by atoms with Crippen molar-refractivity contribution in [3.05, 3.63) is 12.2 Å². The molecule has 0 spiro atoms. The predicted molar refractivity (Wildman–Crippen MR) is 50.5 cm³/mol. The van der Waals surface area contributed by atoms with E-state index in [9.17, 15) is 4.21 Å². The molecule has 0 aliphatic heterocycles. The molecule has 0 radical (unpaired) electrons. The summed E-state index contributed by atoms with van der Waals surface area (Å²) < 4.78 is 11.1. The maximum atomic E-state index is 11.1. The van der Waals surface area contributed by atoms with Gasteiger partial charge in [-0.2, -0.15) is 0 Å². The van der Waals surface area contributed by atoms with Gasteiger partial charge in [0.1, 0.15) is 0 Å². The van der Waals surface area contributed by atoms with Crippen LogP contribution in [-0.4, -0.2) is 21.1 Å². The molecule has 11 heavy (non-hydrogen) atoms. The number of halogens is 1. The molecule has 0 aromatic rings. The minimum absolute atomic E-state index is 0.0534. The molecule has 0 N–H and O–H groups in total. The molecule has 1 rings (SSSR count). The molecule has 64 valence electrons. The van der Waals surface area contributed by atoms with Crippen molar-refractivity contribution in [1.82, 2.24) is 0 Å². The Labute approximate surface area is 75.3 Å². The third-order valence-electron chi connectivity index (χ3n) is 2.17. The Bertz CT molecular complexity index is 191. The Morgan fingerprint density at radius 2 is 2.36 bits per heavy atom. The van der Waals surface area contributed by atoms with Gasteiger partial charge in [-0.15, -0.1) is 11.6 Å². The van der Waals surface area contributed by atoms with E-state index in [2.05, 4.69) is 6.58 Å². The zero-order chi connectivity index (χ0) is 8.43. The Hall–Kier alpha value is 0.180. The predicted octanol–water partition coefficient (Wildman–Crippen LogP) is 2.08. The SMILES string of the molecule is C=C1CCC(S(C)=O)CC1Cl. The third kappa shape index (κ3) is 2.31. The summed E-state index contributed by atoms with van der Waals surface area (Å²) >= 11 is 5.97. The van der Waals surface area contributed by atoms with Crippen LogP contribution in [0.5, 0.6) is 0 Å². The second-order valence-electron chi connectivity index (χ2n) is 3.02. The van der Waals surface area contributed by atoms with Crippen LogP contribution in [-0.2, 0) is 10.8 Å². The number of alkyl halides is 1. The normalized spacial score (nSPS) is 35.3. The Morgan fingerprint density at radius 1 is 1.73 bits per heavy atom. The molecule has 1 aliphatic carbocycles. The molecule has 3 atom stereocenters. The summed E-state index contributed by atoms with van der Waals surface area (Å²) in [6.07, 6.45) is 4.52. The monoisotopic (exact) mass is 192 g/mol. The topological polar surface area (TPSA) is 17.1 Å². The smallest absolute Gasteiger partial charge is 0.0554 e. The molecule has 1 saturated carbocycles. The van der Waals surface area contributed by atoms with Gasteiger partial charge in [0.05, 0.1) is 5.38 Å². The summed E-state index contributed by atoms with van der Waals surface area (Å²) in [5, 5.41) is 0.348. The number of rotatable bonds is 1. The largest absolute Gasteiger partial charge is 0.260 e. The lowest BCUT2D eigenvalue weighted by Gasteiger charge is -2.25. The van der Waals surface area contributed by atoms with Crippen molar-refractivity contribution in [3.63, 3.8) is 0 Å². The molecule has 3 heteroatoms. The van der Waals surface area contributed by atoms with Crippen LogP contribution in [0.25, 0.3) is 0 Å². The summed E-state index contributed by atoms with van der Waals surface area (Å²) in [5.41, 5.74) is 1.10. The van der Waals surface area contributed by atoms with E-state index in [4.69, 9.17) is 11.6 Å². The highest BCUT2D eigenvalue weighted by atomic mass is 35.5. The fourth-order valence-electron chi connectivity index (χ4n) is 1.32. The first-order valence-electron chi connectivity index (χ1n) is 3.75. The van der Waals surface area contributed by atoms with Gasteiger partial charge in [-0.1, -0.05) is 12.2 Å². The first kappa shape index (κ1) is 9.27. The van der Waals surface area contributed by atoms with Crippen LogP contribution >= 0.6 is 11.6 Å². The molecule has 0 amide bonds. The molecule has 0 bridgehead atoms. The summed E-state index contributed by atoms with van der Waals surface area (Å²) in [6, 6.07) is 0. The molecule has 0 heterocycles. The van der Waals surface area contributed by atoms with Gasteiger partial charge >= 0.3 is 0 Å². The quantitative estimate of drug-likeness (QED) is 0.459. The Kier molecular flexibility index (Phi) is 3.14. The molecule has 3 unspecified atom stereocenters. The minimum Gasteiger partial charge on any atom is -0.260 e. The summed E-state index contributed by atoms with van der Waals surface area (Å²) in [4.78, 5) is 0. The maximum Gasteiger partial charge on any atom is 0.0554 e. The average Bonchev–Trinajstić information content (AvgIpc) is 1.94. The van der Waals surface area contributed by atoms with Crippen molar-refractivity contribution in [2.75, 3.05) is 6.26 Å². The van der Waals surface area contributed by atoms with Crippen molar-refractivity contribution in [2.24, 2.45) is 0 Å². The first-order chi connectivity index (χ1) is 5.11. The molecule has 0 aromatic carbocycles. The highest BCUT2D eigenvalue weighted by Crippen LogP contribution is 2.29. The third-order valence-corrected chi connectivity index (χ3v) is 4.02. The highest BCUT2D eigenvalue weighted by Gasteiger charge is 2.24. The van der Waals surface area contributed by atoms with E-state index in [1.54, 1.807) is 6.26 Å². The van der Waals surface area contributed by atoms with Crippen LogP contribution in [0.15, 0.2) is 12.2 Å². The number of hydrogen-bond donors (Lipinski definition) is 0. The lowest BCUT2D eigenvalue weighted by Crippen LogP contribution is -2.25. The van der Waals surface area contributed by atoms with Crippen molar-refractivity contribution >= 4 is 22.4 Å². The summed E-state index contributed by atoms with van der Waals surface area (Å²) in [6.45, 7) is 3.86. The summed E-state index contributed by atoms with van der Waals surface area (Å²) in [7, 11) is -0.713. The molecule has 0 aromatic heterocycles. The lowest BCUT2D eigenvalue weighted by molar-refractivity contribution is 0.595. The Balaban J connectivity index is 2.52. The average molecular weight is 193 g/mol. The number of hydrogen-bond acceptors (Lipinski definition) is 1. The van der Waals surface area contributed by atoms with Crippen molar-refractivity contribution in [1.29, 1.82) is 0 Å². The van der Waals surface area contributed by atoms with Gasteiger partial charge in [-0.05, 0) is 19.3 Å². The van der Waals surface area contributed by atoms with Crippen LogP contribution in [0.2, 0.25) is 0 Å². The number of allylic oxidation sites excluding steroid dienone is 1. The van der Waals surface area contributed by atoms with E-state index < -0.39 is 10.8 Å². The van der Waals surface area contributed by atoms with Crippen LogP contribution < -0.4 is 0 Å². The second kappa shape index (κ2) is 3.72. The molecule has 0 saturated heterocycles. The second-order valence-corrected chi connectivity index (χ2v) is 5.21. The summed E-state index contributed by atoms with van der Waals surface area (Å²) in [5.74, 6) is 0. The van der Waals surface area contributed by atoms with Gasteiger partial charge in [0.2, 0.25) is 0 Å². The zero-order valence-electron chi connectivity index (χ0n) is 6.68. The molecule has 1 nitrogen and oxygen atoms in total. The van der Waals surface area contributed by atoms with Crippen LogP contribution in [0.1, 0.15) is 19.3 Å². The van der Waals surface area contributed by atoms with Crippen LogP contribution in [0.3, 0.4) is 0 Å². The van der Waals surface area contributed by atoms with Gasteiger partial charge in [0, 0.05) is 22.3 Å². The van der Waals surface area contributed by atoms with Gasteiger partial charge in [-0.25, -0.2) is 0 Å². The first-order valence-corrected chi connectivity index (χ1v) is 5.81. The molecule has 1 fully saturated rings. The van der Waals surface area contributed by atoms with Crippen molar-refractivity contribution < 1.29 is 4.21 Å². The van der Waals surface area contributed by atoms with Crippen LogP contribution in [0, 0.1) is 0 Å². The van der Waals surface area contributed by atoms with E-state index in [0.29, 0.717) is 5.25 Å². The zero-order valence-corrected chi connectivity index (χ0v) is 8.25. The van der Waals surface area contributed by atoms with Gasteiger partial charge < -0.3 is 0 Å². The molecular weight excluding hydrogens is 180 g/mol. The van der Waals surface area contributed by atoms with Gasteiger partial charge in [-0.3, -0.25) is 4.21 Å². The van der Waals surface area contributed by atoms with Crippen LogP contribution in [0.4, 0.5) is 0 Å². The standard InChI is InChI=1S/C8H13ClOS/c1-6-3-4-7(11(2)10)5-8(6)9/h7-8H,1,3-5H2,2H3. The highest BCUT2D eigenvalue weighted by molar-refractivity contribution is 7.84. The maximum absolute atomic E-state index is 11.1. The van der Waals surface area contributed by atoms with E-state index in [1.165, 1.54) is 0 Å². The fourth-order valence-corrected chi connectivity index (χ4v) is 2.66. The van der Waals surface area contributed by atoms with Gasteiger partial charge in [0.25, 0.3) is 0 Å². The Morgan fingerprint density at radius 3 is 2.82 bits per heavy atom.